The summed E-state index contributed by atoms with van der Waals surface area (Å²) in [7, 11) is 1.25. The van der Waals surface area contributed by atoms with Crippen LogP contribution in [0.2, 0.25) is 0 Å². The lowest BCUT2D eigenvalue weighted by molar-refractivity contribution is -0.384. The number of nitrogens with zero attached hydrogens (tertiary/aromatic N) is 2. The minimum atomic E-state index is -0.566. The Kier molecular flexibility index (Phi) is 4.76. The van der Waals surface area contributed by atoms with E-state index in [1.807, 2.05) is 6.07 Å². The number of hydrogen-bond acceptors (Lipinski definition) is 6. The summed E-state index contributed by atoms with van der Waals surface area (Å²) in [6, 6.07) is 12.8. The van der Waals surface area contributed by atoms with Gasteiger partial charge in [0.15, 0.2) is 0 Å². The molecular weight excluding hydrogens is 304 g/mol. The molecule has 7 heteroatoms. The summed E-state index contributed by atoms with van der Waals surface area (Å²) < 4.78 is 4.61. The fourth-order valence-corrected chi connectivity index (χ4v) is 2.60. The first kappa shape index (κ1) is 15.5. The Bertz CT molecular complexity index is 766. The van der Waals surface area contributed by atoms with Crippen LogP contribution in [0.25, 0.3) is 0 Å². The Hall–Kier alpha value is -2.85. The topological polar surface area (TPSA) is 93.2 Å². The third-order valence-electron chi connectivity index (χ3n) is 2.80. The Balaban J connectivity index is 2.25. The van der Waals surface area contributed by atoms with E-state index in [-0.39, 0.29) is 16.8 Å². The van der Waals surface area contributed by atoms with Crippen LogP contribution in [0.3, 0.4) is 0 Å². The largest absolute Gasteiger partial charge is 0.465 e. The molecule has 0 aliphatic rings. The van der Waals surface area contributed by atoms with Crippen molar-refractivity contribution in [2.75, 3.05) is 7.11 Å². The molecule has 0 spiro atoms. The van der Waals surface area contributed by atoms with E-state index < -0.39 is 10.9 Å². The summed E-state index contributed by atoms with van der Waals surface area (Å²) in [6.45, 7) is 0. The van der Waals surface area contributed by atoms with Crippen molar-refractivity contribution in [3.05, 3.63) is 63.7 Å². The van der Waals surface area contributed by atoms with E-state index in [4.69, 9.17) is 5.26 Å². The molecule has 0 heterocycles. The van der Waals surface area contributed by atoms with Gasteiger partial charge in [-0.1, -0.05) is 11.8 Å². The molecule has 0 saturated carbocycles. The first-order chi connectivity index (χ1) is 10.5. The summed E-state index contributed by atoms with van der Waals surface area (Å²) >= 11 is 1.34. The van der Waals surface area contributed by atoms with Gasteiger partial charge in [-0.3, -0.25) is 10.1 Å². The quantitative estimate of drug-likeness (QED) is 0.488. The van der Waals surface area contributed by atoms with Crippen molar-refractivity contribution in [2.45, 2.75) is 9.79 Å². The number of carbonyl (C=O) groups is 1. The highest BCUT2D eigenvalue weighted by molar-refractivity contribution is 7.99. The molecule has 2 rings (SSSR count). The molecule has 0 atom stereocenters. The van der Waals surface area contributed by atoms with Crippen LogP contribution in [0, 0.1) is 21.4 Å². The van der Waals surface area contributed by atoms with E-state index in [1.165, 1.54) is 37.1 Å². The molecule has 0 aromatic heterocycles. The maximum Gasteiger partial charge on any atom is 0.339 e. The summed E-state index contributed by atoms with van der Waals surface area (Å²) in [5.41, 5.74) is 0.444. The van der Waals surface area contributed by atoms with Gasteiger partial charge in [-0.25, -0.2) is 4.79 Å². The number of rotatable bonds is 4. The maximum atomic E-state index is 11.5. The van der Waals surface area contributed by atoms with Crippen LogP contribution in [0.1, 0.15) is 15.9 Å². The van der Waals surface area contributed by atoms with Crippen LogP contribution < -0.4 is 0 Å². The van der Waals surface area contributed by atoms with Crippen molar-refractivity contribution >= 4 is 23.4 Å². The van der Waals surface area contributed by atoms with Gasteiger partial charge in [0.2, 0.25) is 0 Å². The fraction of sp³-hybridized carbons (Fsp3) is 0.0667. The average molecular weight is 314 g/mol. The van der Waals surface area contributed by atoms with E-state index in [1.54, 1.807) is 24.3 Å². The first-order valence-corrected chi connectivity index (χ1v) is 6.91. The molecular formula is C15H10N2O4S. The molecule has 2 aromatic carbocycles. The van der Waals surface area contributed by atoms with Crippen molar-refractivity contribution in [1.82, 2.24) is 0 Å². The van der Waals surface area contributed by atoms with Crippen molar-refractivity contribution in [2.24, 2.45) is 0 Å². The standard InChI is InChI=1S/C15H10N2O4S/c1-21-15(18)14-7-6-13(8-10(14)9-16)22-12-4-2-11(3-5-12)17(19)20/h2-8H,1H3. The molecule has 2 aromatic rings. The van der Waals surface area contributed by atoms with Crippen LogP contribution in [0.5, 0.6) is 0 Å². The SMILES string of the molecule is COC(=O)c1ccc(Sc2ccc([N+](=O)[O-])cc2)cc1C#N. The summed E-state index contributed by atoms with van der Waals surface area (Å²) in [6.07, 6.45) is 0. The Labute approximate surface area is 130 Å². The zero-order valence-corrected chi connectivity index (χ0v) is 12.3. The number of carbonyl (C=O) groups excluding carboxylic acids is 1. The zero-order chi connectivity index (χ0) is 16.1. The second-order valence-corrected chi connectivity index (χ2v) is 5.31. The van der Waals surface area contributed by atoms with E-state index >= 15 is 0 Å². The first-order valence-electron chi connectivity index (χ1n) is 6.10. The molecule has 0 N–H and O–H groups in total. The van der Waals surface area contributed by atoms with Gasteiger partial charge in [-0.05, 0) is 30.3 Å². The van der Waals surface area contributed by atoms with E-state index in [2.05, 4.69) is 4.74 Å². The molecule has 0 bridgehead atoms. The van der Waals surface area contributed by atoms with Gasteiger partial charge in [-0.2, -0.15) is 5.26 Å². The number of hydrogen-bond donors (Lipinski definition) is 0. The normalized spacial score (nSPS) is 9.82. The lowest BCUT2D eigenvalue weighted by Gasteiger charge is -2.05. The second kappa shape index (κ2) is 6.74. The number of nitro benzene ring substituents is 1. The molecule has 0 fully saturated rings. The number of benzene rings is 2. The van der Waals surface area contributed by atoms with Crippen molar-refractivity contribution in [3.63, 3.8) is 0 Å². The van der Waals surface area contributed by atoms with Crippen LogP contribution in [0.15, 0.2) is 52.3 Å². The molecule has 0 unspecified atom stereocenters. The van der Waals surface area contributed by atoms with Crippen molar-refractivity contribution < 1.29 is 14.5 Å². The summed E-state index contributed by atoms with van der Waals surface area (Å²) in [4.78, 5) is 23.2. The highest BCUT2D eigenvalue weighted by atomic mass is 32.2. The van der Waals surface area contributed by atoms with E-state index in [0.29, 0.717) is 0 Å². The molecule has 0 saturated heterocycles. The molecule has 0 aliphatic carbocycles. The van der Waals surface area contributed by atoms with Gasteiger partial charge in [0.25, 0.3) is 5.69 Å². The number of methoxy groups -OCH3 is 1. The van der Waals surface area contributed by atoms with Gasteiger partial charge in [0.05, 0.1) is 23.2 Å². The lowest BCUT2D eigenvalue weighted by Crippen LogP contribution is -2.03. The predicted molar refractivity (Wildman–Crippen MR) is 79.7 cm³/mol. The second-order valence-electron chi connectivity index (χ2n) is 4.16. The van der Waals surface area contributed by atoms with Gasteiger partial charge in [0.1, 0.15) is 6.07 Å². The fourth-order valence-electron chi connectivity index (χ4n) is 1.74. The summed E-state index contributed by atoms with van der Waals surface area (Å²) in [5, 5.41) is 19.7. The highest BCUT2D eigenvalue weighted by Gasteiger charge is 2.13. The van der Waals surface area contributed by atoms with Crippen LogP contribution in [-0.2, 0) is 4.74 Å². The number of non-ortho nitro benzene ring substituents is 1. The van der Waals surface area contributed by atoms with Crippen molar-refractivity contribution in [1.29, 1.82) is 5.26 Å². The Morgan fingerprint density at radius 1 is 1.23 bits per heavy atom. The van der Waals surface area contributed by atoms with Crippen molar-refractivity contribution in [3.8, 4) is 6.07 Å². The molecule has 0 amide bonds. The summed E-state index contributed by atoms with van der Waals surface area (Å²) in [5.74, 6) is -0.566. The van der Waals surface area contributed by atoms with Gasteiger partial charge in [0, 0.05) is 21.9 Å². The van der Waals surface area contributed by atoms with E-state index in [0.717, 1.165) is 9.79 Å². The highest BCUT2D eigenvalue weighted by Crippen LogP contribution is 2.30. The lowest BCUT2D eigenvalue weighted by atomic mass is 10.1. The molecule has 6 nitrogen and oxygen atoms in total. The molecule has 0 radical (unpaired) electrons. The number of esters is 1. The van der Waals surface area contributed by atoms with E-state index in [9.17, 15) is 14.9 Å². The number of nitro groups is 1. The molecule has 22 heavy (non-hydrogen) atoms. The average Bonchev–Trinajstić information content (AvgIpc) is 2.54. The zero-order valence-electron chi connectivity index (χ0n) is 11.5. The molecule has 0 aliphatic heterocycles. The number of nitriles is 1. The minimum absolute atomic E-state index is 0.0168. The predicted octanol–water partition coefficient (Wildman–Crippen LogP) is 3.40. The van der Waals surface area contributed by atoms with Crippen LogP contribution in [-0.4, -0.2) is 18.0 Å². The third kappa shape index (κ3) is 3.42. The van der Waals surface area contributed by atoms with Gasteiger partial charge < -0.3 is 4.74 Å². The Morgan fingerprint density at radius 2 is 1.86 bits per heavy atom. The van der Waals surface area contributed by atoms with Crippen LogP contribution in [0.4, 0.5) is 5.69 Å². The third-order valence-corrected chi connectivity index (χ3v) is 3.80. The van der Waals surface area contributed by atoms with Gasteiger partial charge in [-0.15, -0.1) is 0 Å². The Morgan fingerprint density at radius 3 is 2.41 bits per heavy atom. The minimum Gasteiger partial charge on any atom is -0.465 e. The smallest absolute Gasteiger partial charge is 0.339 e. The number of ether oxygens (including phenoxy) is 1. The monoisotopic (exact) mass is 314 g/mol. The molecule has 110 valence electrons. The van der Waals surface area contributed by atoms with Gasteiger partial charge >= 0.3 is 5.97 Å². The van der Waals surface area contributed by atoms with Crippen LogP contribution >= 0.6 is 11.8 Å². The maximum absolute atomic E-state index is 11.5.